The number of benzene rings is 3. The highest BCUT2D eigenvalue weighted by molar-refractivity contribution is 6.10. The van der Waals surface area contributed by atoms with E-state index in [9.17, 15) is 9.18 Å². The van der Waals surface area contributed by atoms with Crippen molar-refractivity contribution in [3.63, 3.8) is 0 Å². The van der Waals surface area contributed by atoms with Gasteiger partial charge < -0.3 is 10.2 Å². The molecule has 2 unspecified atom stereocenters. The first-order valence-corrected chi connectivity index (χ1v) is 11.5. The van der Waals surface area contributed by atoms with E-state index in [-0.39, 0.29) is 17.6 Å². The molecule has 1 aromatic heterocycles. The molecule has 2 N–H and O–H groups in total. The van der Waals surface area contributed by atoms with Crippen LogP contribution < -0.4 is 5.32 Å². The number of nitrogens with one attached hydrogen (secondary N) is 2. The SMILES string of the molecule is CN(C)Cc1ccc(/C=C/c2n[nH]c3cc(C4CC45C(=O)Nc4ccc(F)cc45)ccc23)cc1. The first-order valence-electron chi connectivity index (χ1n) is 11.5. The second-order valence-electron chi connectivity index (χ2n) is 9.60. The zero-order valence-electron chi connectivity index (χ0n) is 19.1. The van der Waals surface area contributed by atoms with Crippen LogP contribution >= 0.6 is 0 Å². The summed E-state index contributed by atoms with van der Waals surface area (Å²) >= 11 is 0. The minimum Gasteiger partial charge on any atom is -0.325 e. The Bertz CT molecular complexity index is 1450. The molecule has 5 nitrogen and oxygen atoms in total. The number of halogens is 1. The molecule has 2 aliphatic rings. The molecule has 2 atom stereocenters. The molecule has 4 aromatic rings. The van der Waals surface area contributed by atoms with Gasteiger partial charge in [-0.2, -0.15) is 5.10 Å². The van der Waals surface area contributed by atoms with Crippen LogP contribution in [-0.2, 0) is 16.8 Å². The van der Waals surface area contributed by atoms with Gasteiger partial charge in [0.15, 0.2) is 0 Å². The van der Waals surface area contributed by atoms with Crippen LogP contribution in [0, 0.1) is 5.82 Å². The van der Waals surface area contributed by atoms with Gasteiger partial charge in [-0.05, 0) is 73.1 Å². The lowest BCUT2D eigenvalue weighted by atomic mass is 9.91. The molecule has 6 heteroatoms. The molecule has 1 saturated carbocycles. The van der Waals surface area contributed by atoms with Gasteiger partial charge >= 0.3 is 0 Å². The van der Waals surface area contributed by atoms with Crippen LogP contribution in [0.25, 0.3) is 23.1 Å². The minimum atomic E-state index is -0.660. The van der Waals surface area contributed by atoms with Gasteiger partial charge in [0.05, 0.1) is 16.6 Å². The summed E-state index contributed by atoms with van der Waals surface area (Å²) in [6.07, 6.45) is 4.76. The van der Waals surface area contributed by atoms with E-state index in [1.54, 1.807) is 6.07 Å². The predicted octanol–water partition coefficient (Wildman–Crippen LogP) is 5.31. The highest BCUT2D eigenvalue weighted by atomic mass is 19.1. The van der Waals surface area contributed by atoms with Crippen LogP contribution in [0.1, 0.15) is 40.3 Å². The molecule has 3 aromatic carbocycles. The molecule has 1 fully saturated rings. The first kappa shape index (κ1) is 20.8. The normalized spacial score (nSPS) is 21.1. The fourth-order valence-corrected chi connectivity index (χ4v) is 5.24. The summed E-state index contributed by atoms with van der Waals surface area (Å²) in [5.74, 6) is -0.320. The van der Waals surface area contributed by atoms with E-state index in [4.69, 9.17) is 0 Å². The fourth-order valence-electron chi connectivity index (χ4n) is 5.24. The Morgan fingerprint density at radius 2 is 1.91 bits per heavy atom. The lowest BCUT2D eigenvalue weighted by molar-refractivity contribution is -0.118. The van der Waals surface area contributed by atoms with Gasteiger partial charge in [-0.1, -0.05) is 42.5 Å². The Morgan fingerprint density at radius 3 is 2.71 bits per heavy atom. The van der Waals surface area contributed by atoms with Crippen LogP contribution in [0.3, 0.4) is 0 Å². The van der Waals surface area contributed by atoms with Crippen molar-refractivity contribution >= 4 is 34.6 Å². The molecule has 1 aliphatic carbocycles. The Kier molecular flexibility index (Phi) is 4.67. The number of carbonyl (C=O) groups excluding carboxylic acids is 1. The van der Waals surface area contributed by atoms with E-state index in [1.807, 2.05) is 6.08 Å². The number of H-pyrrole nitrogens is 1. The van der Waals surface area contributed by atoms with Gasteiger partial charge in [0, 0.05) is 23.5 Å². The Labute approximate surface area is 197 Å². The zero-order chi connectivity index (χ0) is 23.4. The van der Waals surface area contributed by atoms with Crippen molar-refractivity contribution in [3.8, 4) is 0 Å². The number of fused-ring (bicyclic) bond motifs is 3. The standard InChI is InChI=1S/C28H25FN4O/c1-33(2)16-18-5-3-17(4-6-18)7-11-24-21-10-8-19(13-26(21)32-31-24)23-15-28(23)22-14-20(29)9-12-25(22)30-27(28)34/h3-14,23H,15-16H2,1-2H3,(H,30,34)(H,31,32)/b11-7+. The van der Waals surface area contributed by atoms with E-state index in [2.05, 4.69) is 83.0 Å². The number of carbonyl (C=O) groups is 1. The summed E-state index contributed by atoms with van der Waals surface area (Å²) in [5, 5.41) is 11.6. The average molecular weight is 453 g/mol. The summed E-state index contributed by atoms with van der Waals surface area (Å²) in [4.78, 5) is 15.0. The second-order valence-corrected chi connectivity index (χ2v) is 9.60. The van der Waals surface area contributed by atoms with Crippen LogP contribution in [0.4, 0.5) is 10.1 Å². The van der Waals surface area contributed by atoms with Gasteiger partial charge in [-0.3, -0.25) is 9.89 Å². The number of rotatable bonds is 5. The quantitative estimate of drug-likeness (QED) is 0.431. The van der Waals surface area contributed by atoms with Gasteiger partial charge in [-0.25, -0.2) is 4.39 Å². The number of amides is 1. The summed E-state index contributed by atoms with van der Waals surface area (Å²) in [7, 11) is 4.12. The van der Waals surface area contributed by atoms with E-state index in [1.165, 1.54) is 17.7 Å². The van der Waals surface area contributed by atoms with Gasteiger partial charge in [-0.15, -0.1) is 0 Å². The summed E-state index contributed by atoms with van der Waals surface area (Å²) < 4.78 is 13.9. The number of hydrogen-bond donors (Lipinski definition) is 2. The first-order chi connectivity index (χ1) is 16.4. The summed E-state index contributed by atoms with van der Waals surface area (Å²) in [6, 6.07) is 19.2. The summed E-state index contributed by atoms with van der Waals surface area (Å²) in [6.45, 7) is 0.917. The third-order valence-corrected chi connectivity index (χ3v) is 7.01. The predicted molar refractivity (Wildman–Crippen MR) is 133 cm³/mol. The molecule has 0 radical (unpaired) electrons. The number of hydrogen-bond acceptors (Lipinski definition) is 3. The van der Waals surface area contributed by atoms with Gasteiger partial charge in [0.2, 0.25) is 5.91 Å². The lowest BCUT2D eigenvalue weighted by Crippen LogP contribution is -2.21. The summed E-state index contributed by atoms with van der Waals surface area (Å²) in [5.41, 5.74) is 6.09. The van der Waals surface area contributed by atoms with E-state index >= 15 is 0 Å². The molecule has 1 amide bonds. The van der Waals surface area contributed by atoms with E-state index in [0.717, 1.165) is 45.5 Å². The molecule has 2 heterocycles. The maximum Gasteiger partial charge on any atom is 0.235 e. The molecule has 170 valence electrons. The maximum absolute atomic E-state index is 13.9. The molecular weight excluding hydrogens is 427 g/mol. The van der Waals surface area contributed by atoms with Gasteiger partial charge in [0.25, 0.3) is 0 Å². The van der Waals surface area contributed by atoms with E-state index in [0.29, 0.717) is 6.42 Å². The molecule has 6 rings (SSSR count). The van der Waals surface area contributed by atoms with Gasteiger partial charge in [0.1, 0.15) is 5.82 Å². The third-order valence-electron chi connectivity index (χ3n) is 7.01. The number of aromatic amines is 1. The monoisotopic (exact) mass is 452 g/mol. The van der Waals surface area contributed by atoms with Crippen LogP contribution in [-0.4, -0.2) is 35.1 Å². The zero-order valence-corrected chi connectivity index (χ0v) is 19.1. The highest BCUT2D eigenvalue weighted by Gasteiger charge is 2.65. The van der Waals surface area contributed by atoms with Crippen molar-refractivity contribution in [3.05, 3.63) is 94.4 Å². The highest BCUT2D eigenvalue weighted by Crippen LogP contribution is 2.65. The van der Waals surface area contributed by atoms with E-state index < -0.39 is 5.41 Å². The number of anilines is 1. The second kappa shape index (κ2) is 7.64. The minimum absolute atomic E-state index is 0.0305. The molecule has 1 spiro atoms. The lowest BCUT2D eigenvalue weighted by Gasteiger charge is -2.09. The Balaban J connectivity index is 1.25. The topological polar surface area (TPSA) is 61.0 Å². The molecule has 1 aliphatic heterocycles. The fraction of sp³-hybridized carbons (Fsp3) is 0.214. The van der Waals surface area contributed by atoms with Crippen molar-refractivity contribution in [2.45, 2.75) is 24.3 Å². The van der Waals surface area contributed by atoms with Crippen molar-refractivity contribution < 1.29 is 9.18 Å². The largest absolute Gasteiger partial charge is 0.325 e. The molecular formula is C28H25FN4O. The molecule has 0 bridgehead atoms. The van der Waals surface area contributed by atoms with Crippen LogP contribution in [0.2, 0.25) is 0 Å². The smallest absolute Gasteiger partial charge is 0.235 e. The van der Waals surface area contributed by atoms with Crippen molar-refractivity contribution in [1.82, 2.24) is 15.1 Å². The third kappa shape index (κ3) is 3.33. The maximum atomic E-state index is 13.9. The molecule has 0 saturated heterocycles. The number of aromatic nitrogens is 2. The van der Waals surface area contributed by atoms with Crippen LogP contribution in [0.15, 0.2) is 60.7 Å². The average Bonchev–Trinajstić information content (AvgIpc) is 3.36. The van der Waals surface area contributed by atoms with Crippen molar-refractivity contribution in [1.29, 1.82) is 0 Å². The Morgan fingerprint density at radius 1 is 1.09 bits per heavy atom. The number of nitrogens with zero attached hydrogens (tertiary/aromatic N) is 2. The van der Waals surface area contributed by atoms with Crippen LogP contribution in [0.5, 0.6) is 0 Å². The Hall–Kier alpha value is -3.77. The van der Waals surface area contributed by atoms with Crippen molar-refractivity contribution in [2.75, 3.05) is 19.4 Å². The van der Waals surface area contributed by atoms with Crippen molar-refractivity contribution in [2.24, 2.45) is 0 Å². The molecule has 34 heavy (non-hydrogen) atoms.